The maximum absolute atomic E-state index is 13.5. The number of carbonyl (C=O) groups is 1. The first kappa shape index (κ1) is 15.7. The van der Waals surface area contributed by atoms with Gasteiger partial charge in [0.1, 0.15) is 0 Å². The van der Waals surface area contributed by atoms with E-state index in [-0.39, 0.29) is 5.56 Å². The lowest BCUT2D eigenvalue weighted by molar-refractivity contribution is -0.268. The van der Waals surface area contributed by atoms with E-state index in [0.29, 0.717) is 0 Å². The van der Waals surface area contributed by atoms with Crippen molar-refractivity contribution in [3.8, 4) is 0 Å². The largest absolute Gasteiger partial charge is 0.428 e. The van der Waals surface area contributed by atoms with Gasteiger partial charge in [-0.2, -0.15) is 13.2 Å². The zero-order valence-corrected chi connectivity index (χ0v) is 11.3. The summed E-state index contributed by atoms with van der Waals surface area (Å²) >= 11 is 0. The Morgan fingerprint density at radius 3 is 1.84 bits per heavy atom. The molecule has 1 aromatic carbocycles. The fourth-order valence-electron chi connectivity index (χ4n) is 1.95. The van der Waals surface area contributed by atoms with Gasteiger partial charge < -0.3 is 4.74 Å². The number of benzene rings is 1. The fourth-order valence-corrected chi connectivity index (χ4v) is 1.95. The molecular weight excluding hydrogens is 257 g/mol. The van der Waals surface area contributed by atoms with Crippen LogP contribution in [0.1, 0.15) is 26.3 Å². The average molecular weight is 274 g/mol. The minimum absolute atomic E-state index is 0.204. The van der Waals surface area contributed by atoms with Crippen molar-refractivity contribution in [2.24, 2.45) is 5.41 Å². The summed E-state index contributed by atoms with van der Waals surface area (Å²) in [5.74, 6) is -1.01. The van der Waals surface area contributed by atoms with E-state index in [9.17, 15) is 18.0 Å². The van der Waals surface area contributed by atoms with Crippen molar-refractivity contribution in [2.45, 2.75) is 32.5 Å². The third-order valence-electron chi connectivity index (χ3n) is 2.89. The molecule has 106 valence electrons. The SMILES string of the molecule is CO[C@@](C(=O)C(C)(C)C)(c1ccccc1)C(F)(F)F. The van der Waals surface area contributed by atoms with Crippen molar-refractivity contribution in [3.05, 3.63) is 35.9 Å². The topological polar surface area (TPSA) is 26.3 Å². The zero-order valence-electron chi connectivity index (χ0n) is 11.3. The van der Waals surface area contributed by atoms with Gasteiger partial charge in [-0.25, -0.2) is 0 Å². The highest BCUT2D eigenvalue weighted by atomic mass is 19.4. The molecule has 5 heteroatoms. The minimum atomic E-state index is -4.83. The predicted molar refractivity (Wildman–Crippen MR) is 65.6 cm³/mol. The molecule has 0 saturated carbocycles. The molecule has 0 spiro atoms. The van der Waals surface area contributed by atoms with Crippen LogP contribution in [0.3, 0.4) is 0 Å². The molecule has 0 fully saturated rings. The molecule has 0 N–H and O–H groups in total. The molecule has 0 unspecified atom stereocenters. The van der Waals surface area contributed by atoms with Gasteiger partial charge in [0.05, 0.1) is 0 Å². The van der Waals surface area contributed by atoms with Gasteiger partial charge in [-0.15, -0.1) is 0 Å². The summed E-state index contributed by atoms with van der Waals surface area (Å²) in [6.45, 7) is 4.33. The van der Waals surface area contributed by atoms with E-state index in [1.165, 1.54) is 45.0 Å². The molecule has 0 aliphatic heterocycles. The Kier molecular flexibility index (Phi) is 4.10. The van der Waals surface area contributed by atoms with Crippen LogP contribution in [0.15, 0.2) is 30.3 Å². The molecule has 0 aromatic heterocycles. The van der Waals surface area contributed by atoms with Crippen LogP contribution in [-0.4, -0.2) is 19.1 Å². The summed E-state index contributed by atoms with van der Waals surface area (Å²) in [5, 5.41) is 0. The van der Waals surface area contributed by atoms with E-state index in [4.69, 9.17) is 4.74 Å². The van der Waals surface area contributed by atoms with E-state index >= 15 is 0 Å². The summed E-state index contributed by atoms with van der Waals surface area (Å²) < 4.78 is 45.2. The van der Waals surface area contributed by atoms with Gasteiger partial charge >= 0.3 is 6.18 Å². The maximum Gasteiger partial charge on any atom is 0.428 e. The zero-order chi connectivity index (χ0) is 14.9. The Morgan fingerprint density at radius 2 is 1.53 bits per heavy atom. The van der Waals surface area contributed by atoms with Gasteiger partial charge in [-0.3, -0.25) is 4.79 Å². The summed E-state index contributed by atoms with van der Waals surface area (Å²) in [6, 6.07) is 6.98. The second kappa shape index (κ2) is 4.96. The summed E-state index contributed by atoms with van der Waals surface area (Å²) in [7, 11) is 0.907. The molecule has 0 heterocycles. The van der Waals surface area contributed by atoms with Crippen LogP contribution < -0.4 is 0 Å². The van der Waals surface area contributed by atoms with Crippen LogP contribution in [0.2, 0.25) is 0 Å². The molecule has 19 heavy (non-hydrogen) atoms. The standard InChI is InChI=1S/C14H17F3O2/c1-12(2,3)11(18)13(19-4,14(15,16)17)10-8-6-5-7-9-10/h5-9H,1-4H3/t13-/m1/s1. The van der Waals surface area contributed by atoms with Gasteiger partial charge in [0.15, 0.2) is 5.78 Å². The second-order valence-corrected chi connectivity index (χ2v) is 5.33. The number of Topliss-reactive ketones (excluding diaryl/α,β-unsaturated/α-hetero) is 1. The molecule has 0 radical (unpaired) electrons. The number of ether oxygens (including phenoxy) is 1. The lowest BCUT2D eigenvalue weighted by atomic mass is 9.76. The Labute approximate surface area is 110 Å². The van der Waals surface area contributed by atoms with Crippen LogP contribution in [-0.2, 0) is 15.1 Å². The molecule has 1 aromatic rings. The molecule has 1 rings (SSSR count). The third-order valence-corrected chi connectivity index (χ3v) is 2.89. The van der Waals surface area contributed by atoms with Crippen LogP contribution in [0.5, 0.6) is 0 Å². The molecule has 0 saturated heterocycles. The quantitative estimate of drug-likeness (QED) is 0.840. The normalized spacial score (nSPS) is 15.9. The molecule has 1 atom stereocenters. The predicted octanol–water partition coefficient (Wildman–Crippen LogP) is 3.71. The molecule has 0 aliphatic carbocycles. The van der Waals surface area contributed by atoms with Crippen molar-refractivity contribution in [1.29, 1.82) is 0 Å². The van der Waals surface area contributed by atoms with Gasteiger partial charge in [-0.05, 0) is 0 Å². The summed E-state index contributed by atoms with van der Waals surface area (Å²) in [6.07, 6.45) is -4.83. The van der Waals surface area contributed by atoms with E-state index in [1.807, 2.05) is 0 Å². The first-order chi connectivity index (χ1) is 8.57. The second-order valence-electron chi connectivity index (χ2n) is 5.33. The third kappa shape index (κ3) is 2.66. The van der Waals surface area contributed by atoms with Crippen LogP contribution >= 0.6 is 0 Å². The lowest BCUT2D eigenvalue weighted by Gasteiger charge is -2.37. The highest BCUT2D eigenvalue weighted by molar-refractivity contribution is 5.93. The van der Waals surface area contributed by atoms with Crippen molar-refractivity contribution in [3.63, 3.8) is 0 Å². The number of ketones is 1. The first-order valence-corrected chi connectivity index (χ1v) is 5.79. The molecule has 0 bridgehead atoms. The number of hydrogen-bond acceptors (Lipinski definition) is 2. The van der Waals surface area contributed by atoms with E-state index in [1.54, 1.807) is 6.07 Å². The molecule has 0 aliphatic rings. The number of hydrogen-bond donors (Lipinski definition) is 0. The van der Waals surface area contributed by atoms with Crippen molar-refractivity contribution < 1.29 is 22.7 Å². The smallest absolute Gasteiger partial charge is 0.358 e. The number of alkyl halides is 3. The van der Waals surface area contributed by atoms with Gasteiger partial charge in [0.2, 0.25) is 5.60 Å². The monoisotopic (exact) mass is 274 g/mol. The van der Waals surface area contributed by atoms with Crippen molar-refractivity contribution in [2.75, 3.05) is 7.11 Å². The van der Waals surface area contributed by atoms with E-state index in [0.717, 1.165) is 7.11 Å². The van der Waals surface area contributed by atoms with Crippen molar-refractivity contribution >= 4 is 5.78 Å². The fraction of sp³-hybridized carbons (Fsp3) is 0.500. The van der Waals surface area contributed by atoms with Gasteiger partial charge in [-0.1, -0.05) is 51.1 Å². The van der Waals surface area contributed by atoms with Crippen molar-refractivity contribution in [1.82, 2.24) is 0 Å². The first-order valence-electron chi connectivity index (χ1n) is 5.79. The lowest BCUT2D eigenvalue weighted by Crippen LogP contribution is -2.54. The van der Waals surface area contributed by atoms with E-state index < -0.39 is 23.0 Å². The molecular formula is C14H17F3O2. The number of halogens is 3. The number of carbonyl (C=O) groups excluding carboxylic acids is 1. The minimum Gasteiger partial charge on any atom is -0.358 e. The highest BCUT2D eigenvalue weighted by Crippen LogP contribution is 2.46. The van der Waals surface area contributed by atoms with Crippen LogP contribution in [0, 0.1) is 5.41 Å². The van der Waals surface area contributed by atoms with Crippen LogP contribution in [0.25, 0.3) is 0 Å². The Bertz CT molecular complexity index is 446. The summed E-state index contributed by atoms with van der Waals surface area (Å²) in [5.41, 5.74) is -4.31. The molecule has 0 amide bonds. The number of rotatable bonds is 3. The van der Waals surface area contributed by atoms with Gasteiger partial charge in [0, 0.05) is 18.1 Å². The maximum atomic E-state index is 13.5. The highest BCUT2D eigenvalue weighted by Gasteiger charge is 2.64. The van der Waals surface area contributed by atoms with E-state index in [2.05, 4.69) is 0 Å². The Hall–Kier alpha value is -1.36. The Morgan fingerprint density at radius 1 is 1.05 bits per heavy atom. The molecule has 2 nitrogen and oxygen atoms in total. The van der Waals surface area contributed by atoms with Crippen LogP contribution in [0.4, 0.5) is 13.2 Å². The Balaban J connectivity index is 3.55. The van der Waals surface area contributed by atoms with Gasteiger partial charge in [0.25, 0.3) is 0 Å². The summed E-state index contributed by atoms with van der Waals surface area (Å²) in [4.78, 5) is 12.3. The number of methoxy groups -OCH3 is 1. The average Bonchev–Trinajstić information content (AvgIpc) is 2.29.